The molecule has 0 unspecified atom stereocenters. The third-order valence-corrected chi connectivity index (χ3v) is 5.31. The highest BCUT2D eigenvalue weighted by atomic mass is 16.5. The molecule has 1 aliphatic heterocycles. The lowest BCUT2D eigenvalue weighted by atomic mass is 10.0. The molecule has 4 rings (SSSR count). The molecule has 30 heavy (non-hydrogen) atoms. The predicted molar refractivity (Wildman–Crippen MR) is 112 cm³/mol. The van der Waals surface area contributed by atoms with E-state index in [4.69, 9.17) is 4.74 Å². The molecule has 2 amide bonds. The number of aryl methyl sites for hydroxylation is 1. The van der Waals surface area contributed by atoms with Crippen LogP contribution in [0.3, 0.4) is 0 Å². The number of carbonyl (C=O) groups is 3. The van der Waals surface area contributed by atoms with Crippen LogP contribution in [0.1, 0.15) is 37.4 Å². The summed E-state index contributed by atoms with van der Waals surface area (Å²) in [6, 6.07) is 22.5. The Hall–Kier alpha value is -3.73. The topological polar surface area (TPSA) is 63.7 Å². The Labute approximate surface area is 174 Å². The molecule has 0 bridgehead atoms. The number of benzene rings is 3. The lowest BCUT2D eigenvalue weighted by Crippen LogP contribution is -2.47. The fourth-order valence-electron chi connectivity index (χ4n) is 3.63. The van der Waals surface area contributed by atoms with Crippen LogP contribution in [0.15, 0.2) is 78.9 Å². The van der Waals surface area contributed by atoms with Crippen molar-refractivity contribution in [1.82, 2.24) is 4.90 Å². The minimum Gasteiger partial charge on any atom is -0.459 e. The molecule has 5 heteroatoms. The first-order valence-corrected chi connectivity index (χ1v) is 9.78. The third kappa shape index (κ3) is 3.74. The van der Waals surface area contributed by atoms with Crippen molar-refractivity contribution in [3.05, 3.63) is 107 Å². The number of carbonyl (C=O) groups excluding carboxylic acids is 3. The van der Waals surface area contributed by atoms with Gasteiger partial charge in [0, 0.05) is 6.42 Å². The van der Waals surface area contributed by atoms with E-state index in [-0.39, 0.29) is 13.0 Å². The van der Waals surface area contributed by atoms with Crippen LogP contribution in [0.5, 0.6) is 0 Å². The summed E-state index contributed by atoms with van der Waals surface area (Å²) in [6.07, 6.45) is 0.193. The van der Waals surface area contributed by atoms with Gasteiger partial charge in [-0.3, -0.25) is 14.5 Å². The summed E-state index contributed by atoms with van der Waals surface area (Å²) in [5, 5.41) is 0. The molecular formula is C25H21NO4. The quantitative estimate of drug-likeness (QED) is 0.465. The number of rotatable bonds is 6. The lowest BCUT2D eigenvalue weighted by Gasteiger charge is -2.25. The van der Waals surface area contributed by atoms with Crippen molar-refractivity contribution in [1.29, 1.82) is 0 Å². The molecule has 0 saturated heterocycles. The van der Waals surface area contributed by atoms with E-state index in [0.717, 1.165) is 21.6 Å². The number of amides is 2. The van der Waals surface area contributed by atoms with Crippen molar-refractivity contribution < 1.29 is 19.1 Å². The second-order valence-corrected chi connectivity index (χ2v) is 7.27. The van der Waals surface area contributed by atoms with E-state index < -0.39 is 23.8 Å². The second kappa shape index (κ2) is 8.33. The number of imide groups is 1. The van der Waals surface area contributed by atoms with Gasteiger partial charge in [-0.15, -0.1) is 0 Å². The predicted octanol–water partition coefficient (Wildman–Crippen LogP) is 3.95. The Morgan fingerprint density at radius 3 is 2.03 bits per heavy atom. The first-order chi connectivity index (χ1) is 14.6. The number of hydrogen-bond donors (Lipinski definition) is 0. The van der Waals surface area contributed by atoms with Gasteiger partial charge < -0.3 is 4.74 Å². The van der Waals surface area contributed by atoms with Crippen molar-refractivity contribution in [3.63, 3.8) is 0 Å². The molecule has 0 aromatic heterocycles. The molecule has 5 nitrogen and oxygen atoms in total. The van der Waals surface area contributed by atoms with Crippen molar-refractivity contribution in [2.75, 3.05) is 0 Å². The molecule has 1 atom stereocenters. The zero-order valence-corrected chi connectivity index (χ0v) is 16.6. The van der Waals surface area contributed by atoms with Crippen LogP contribution >= 0.6 is 0 Å². The van der Waals surface area contributed by atoms with Gasteiger partial charge in [-0.1, -0.05) is 66.7 Å². The molecule has 0 saturated carbocycles. The van der Waals surface area contributed by atoms with E-state index in [1.807, 2.05) is 61.5 Å². The summed E-state index contributed by atoms with van der Waals surface area (Å²) in [7, 11) is 0. The van der Waals surface area contributed by atoms with Crippen LogP contribution < -0.4 is 0 Å². The summed E-state index contributed by atoms with van der Waals surface area (Å²) < 4.78 is 5.57. The Balaban J connectivity index is 1.62. The third-order valence-electron chi connectivity index (χ3n) is 5.31. The number of esters is 1. The number of fused-ring (bicyclic) bond motifs is 1. The van der Waals surface area contributed by atoms with E-state index in [2.05, 4.69) is 0 Å². The van der Waals surface area contributed by atoms with Crippen molar-refractivity contribution >= 4 is 17.8 Å². The Morgan fingerprint density at radius 1 is 0.833 bits per heavy atom. The molecule has 1 aliphatic rings. The minimum atomic E-state index is -1.04. The molecule has 150 valence electrons. The van der Waals surface area contributed by atoms with Gasteiger partial charge in [0.05, 0.1) is 11.1 Å². The Bertz CT molecular complexity index is 1070. The molecule has 1 heterocycles. The smallest absolute Gasteiger partial charge is 0.330 e. The van der Waals surface area contributed by atoms with Crippen LogP contribution in [0.2, 0.25) is 0 Å². The summed E-state index contributed by atoms with van der Waals surface area (Å²) in [5.41, 5.74) is 3.35. The first-order valence-electron chi connectivity index (χ1n) is 9.78. The highest BCUT2D eigenvalue weighted by Gasteiger charge is 2.43. The van der Waals surface area contributed by atoms with E-state index in [1.165, 1.54) is 0 Å². The van der Waals surface area contributed by atoms with Gasteiger partial charge >= 0.3 is 5.97 Å². The molecule has 0 spiro atoms. The van der Waals surface area contributed by atoms with E-state index in [9.17, 15) is 14.4 Å². The second-order valence-electron chi connectivity index (χ2n) is 7.27. The standard InChI is InChI=1S/C25H21NO4/c1-17-9-5-6-12-19(17)16-30-25(29)22(15-18-10-3-2-4-11-18)26-23(27)20-13-7-8-14-21(20)24(26)28/h2-14,22H,15-16H2,1H3/t22-/m0/s1. The summed E-state index contributed by atoms with van der Waals surface area (Å²) >= 11 is 0. The average Bonchev–Trinajstić information content (AvgIpc) is 3.02. The molecule has 0 aliphatic carbocycles. The van der Waals surface area contributed by atoms with Gasteiger partial charge in [0.1, 0.15) is 12.6 Å². The highest BCUT2D eigenvalue weighted by molar-refractivity contribution is 6.22. The molecule has 3 aromatic carbocycles. The molecule has 0 fully saturated rings. The zero-order chi connectivity index (χ0) is 21.1. The van der Waals surface area contributed by atoms with E-state index >= 15 is 0 Å². The number of nitrogens with zero attached hydrogens (tertiary/aromatic N) is 1. The van der Waals surface area contributed by atoms with Crippen molar-refractivity contribution in [2.45, 2.75) is 26.0 Å². The molecule has 0 N–H and O–H groups in total. The molecular weight excluding hydrogens is 378 g/mol. The largest absolute Gasteiger partial charge is 0.459 e. The van der Waals surface area contributed by atoms with Crippen LogP contribution in [-0.2, 0) is 22.6 Å². The normalized spacial score (nSPS) is 13.8. The van der Waals surface area contributed by atoms with Crippen LogP contribution in [-0.4, -0.2) is 28.7 Å². The lowest BCUT2D eigenvalue weighted by molar-refractivity contribution is -0.149. The summed E-state index contributed by atoms with van der Waals surface area (Å²) in [6.45, 7) is 2.02. The van der Waals surface area contributed by atoms with Crippen molar-refractivity contribution in [3.8, 4) is 0 Å². The van der Waals surface area contributed by atoms with Crippen LogP contribution in [0.4, 0.5) is 0 Å². The van der Waals surface area contributed by atoms with Gasteiger partial charge in [0.25, 0.3) is 11.8 Å². The maximum absolute atomic E-state index is 13.1. The summed E-state index contributed by atoms with van der Waals surface area (Å²) in [4.78, 5) is 40.1. The van der Waals surface area contributed by atoms with Gasteiger partial charge in [0.15, 0.2) is 0 Å². The molecule has 3 aromatic rings. The maximum atomic E-state index is 13.1. The zero-order valence-electron chi connectivity index (χ0n) is 16.6. The van der Waals surface area contributed by atoms with Gasteiger partial charge in [-0.05, 0) is 35.7 Å². The van der Waals surface area contributed by atoms with Gasteiger partial charge in [0.2, 0.25) is 0 Å². The van der Waals surface area contributed by atoms with Crippen molar-refractivity contribution in [2.24, 2.45) is 0 Å². The first kappa shape index (κ1) is 19.6. The summed E-state index contributed by atoms with van der Waals surface area (Å²) in [5.74, 6) is -1.54. The maximum Gasteiger partial charge on any atom is 0.330 e. The van der Waals surface area contributed by atoms with Gasteiger partial charge in [-0.2, -0.15) is 0 Å². The van der Waals surface area contributed by atoms with Crippen LogP contribution in [0.25, 0.3) is 0 Å². The van der Waals surface area contributed by atoms with Gasteiger partial charge in [-0.25, -0.2) is 4.79 Å². The Morgan fingerprint density at radius 2 is 1.40 bits per heavy atom. The monoisotopic (exact) mass is 399 g/mol. The Kier molecular flexibility index (Phi) is 5.44. The molecule has 0 radical (unpaired) electrons. The fraction of sp³-hybridized carbons (Fsp3) is 0.160. The van der Waals surface area contributed by atoms with E-state index in [1.54, 1.807) is 24.3 Å². The average molecular weight is 399 g/mol. The fourth-order valence-corrected chi connectivity index (χ4v) is 3.63. The van der Waals surface area contributed by atoms with E-state index in [0.29, 0.717) is 11.1 Å². The number of hydrogen-bond acceptors (Lipinski definition) is 4. The highest BCUT2D eigenvalue weighted by Crippen LogP contribution is 2.26. The number of ether oxygens (including phenoxy) is 1. The minimum absolute atomic E-state index is 0.0833. The van der Waals surface area contributed by atoms with Crippen LogP contribution in [0, 0.1) is 6.92 Å². The SMILES string of the molecule is Cc1ccccc1COC(=O)[C@H](Cc1ccccc1)N1C(=O)c2ccccc2C1=O.